The third-order valence-corrected chi connectivity index (χ3v) is 6.50. The van der Waals surface area contributed by atoms with E-state index in [9.17, 15) is 13.2 Å². The Morgan fingerprint density at radius 2 is 1.81 bits per heavy atom. The Balaban J connectivity index is 1.52. The zero-order valence-electron chi connectivity index (χ0n) is 17.3. The number of nitrogens with zero attached hydrogens (tertiary/aromatic N) is 2. The maximum absolute atomic E-state index is 13.3. The van der Waals surface area contributed by atoms with Crippen molar-refractivity contribution in [2.45, 2.75) is 11.8 Å². The van der Waals surface area contributed by atoms with Crippen LogP contribution in [-0.2, 0) is 14.8 Å². The standard InChI is InChI=1S/C23H21N3O5S/c1-17-6-5-7-19(12-17)26(32(28,29)20-8-3-2-4-9-20)15-23(27)25-24-14-18-10-11-21-22(13-18)31-16-30-21/h2-14H,15-16H2,1H3,(H,25,27)/b24-14-. The van der Waals surface area contributed by atoms with Crippen LogP contribution in [-0.4, -0.2) is 33.9 Å². The fraction of sp³-hybridized carbons (Fsp3) is 0.130. The van der Waals surface area contributed by atoms with E-state index in [4.69, 9.17) is 9.47 Å². The van der Waals surface area contributed by atoms with E-state index in [0.717, 1.165) is 9.87 Å². The minimum atomic E-state index is -3.96. The van der Waals surface area contributed by atoms with Crippen molar-refractivity contribution >= 4 is 27.8 Å². The van der Waals surface area contributed by atoms with E-state index in [-0.39, 0.29) is 11.7 Å². The van der Waals surface area contributed by atoms with Gasteiger partial charge < -0.3 is 9.47 Å². The van der Waals surface area contributed by atoms with E-state index < -0.39 is 22.5 Å². The first-order valence-electron chi connectivity index (χ1n) is 9.79. The monoisotopic (exact) mass is 451 g/mol. The van der Waals surface area contributed by atoms with Crippen molar-refractivity contribution < 1.29 is 22.7 Å². The van der Waals surface area contributed by atoms with E-state index in [2.05, 4.69) is 10.5 Å². The van der Waals surface area contributed by atoms with E-state index in [1.807, 2.05) is 13.0 Å². The maximum atomic E-state index is 13.3. The molecule has 3 aromatic rings. The first-order valence-corrected chi connectivity index (χ1v) is 11.2. The highest BCUT2D eigenvalue weighted by Gasteiger charge is 2.27. The van der Waals surface area contributed by atoms with Gasteiger partial charge in [0.2, 0.25) is 6.79 Å². The molecule has 32 heavy (non-hydrogen) atoms. The number of anilines is 1. The van der Waals surface area contributed by atoms with Gasteiger partial charge in [-0.05, 0) is 60.5 Å². The summed E-state index contributed by atoms with van der Waals surface area (Å²) in [5.41, 5.74) is 4.35. The molecule has 164 valence electrons. The molecule has 0 saturated heterocycles. The highest BCUT2D eigenvalue weighted by molar-refractivity contribution is 7.92. The van der Waals surface area contributed by atoms with Crippen molar-refractivity contribution in [3.63, 3.8) is 0 Å². The van der Waals surface area contributed by atoms with Crippen LogP contribution in [0.3, 0.4) is 0 Å². The highest BCUT2D eigenvalue weighted by Crippen LogP contribution is 2.32. The van der Waals surface area contributed by atoms with Crippen LogP contribution >= 0.6 is 0 Å². The quantitative estimate of drug-likeness (QED) is 0.440. The highest BCUT2D eigenvalue weighted by atomic mass is 32.2. The van der Waals surface area contributed by atoms with Gasteiger partial charge in [0.1, 0.15) is 6.54 Å². The lowest BCUT2D eigenvalue weighted by Crippen LogP contribution is -2.39. The lowest BCUT2D eigenvalue weighted by molar-refractivity contribution is -0.119. The van der Waals surface area contributed by atoms with Gasteiger partial charge in [0, 0.05) is 0 Å². The molecule has 0 aliphatic carbocycles. The summed E-state index contributed by atoms with van der Waals surface area (Å²) in [6.07, 6.45) is 1.45. The van der Waals surface area contributed by atoms with Crippen molar-refractivity contribution in [3.05, 3.63) is 83.9 Å². The second-order valence-corrected chi connectivity index (χ2v) is 8.93. The number of hydrogen-bond donors (Lipinski definition) is 1. The van der Waals surface area contributed by atoms with E-state index in [1.165, 1.54) is 18.3 Å². The van der Waals surface area contributed by atoms with E-state index >= 15 is 0 Å². The van der Waals surface area contributed by atoms with Crippen LogP contribution in [0.1, 0.15) is 11.1 Å². The topological polar surface area (TPSA) is 97.3 Å². The summed E-state index contributed by atoms with van der Waals surface area (Å²) in [5.74, 6) is 0.661. The summed E-state index contributed by atoms with van der Waals surface area (Å²) in [6.45, 7) is 1.59. The minimum absolute atomic E-state index is 0.0955. The number of carbonyl (C=O) groups excluding carboxylic acids is 1. The van der Waals surface area contributed by atoms with Gasteiger partial charge in [-0.1, -0.05) is 30.3 Å². The Morgan fingerprint density at radius 1 is 1.03 bits per heavy atom. The summed E-state index contributed by atoms with van der Waals surface area (Å²) in [7, 11) is -3.96. The fourth-order valence-corrected chi connectivity index (χ4v) is 4.59. The van der Waals surface area contributed by atoms with Crippen LogP contribution in [0.4, 0.5) is 5.69 Å². The average Bonchev–Trinajstić information content (AvgIpc) is 3.26. The molecule has 1 aliphatic heterocycles. The van der Waals surface area contributed by atoms with Gasteiger partial charge in [-0.3, -0.25) is 9.10 Å². The molecular formula is C23H21N3O5S. The second-order valence-electron chi connectivity index (χ2n) is 7.07. The summed E-state index contributed by atoms with van der Waals surface area (Å²) in [6, 6.07) is 20.2. The average molecular weight is 452 g/mol. The van der Waals surface area contributed by atoms with E-state index in [0.29, 0.717) is 22.7 Å². The largest absolute Gasteiger partial charge is 0.454 e. The molecule has 0 spiro atoms. The van der Waals surface area contributed by atoms with Gasteiger partial charge in [0.15, 0.2) is 11.5 Å². The number of benzene rings is 3. The first kappa shape index (κ1) is 21.4. The molecule has 1 heterocycles. The van der Waals surface area contributed by atoms with Crippen molar-refractivity contribution in [2.24, 2.45) is 5.10 Å². The number of hydrogen-bond acceptors (Lipinski definition) is 6. The maximum Gasteiger partial charge on any atom is 0.264 e. The van der Waals surface area contributed by atoms with Gasteiger partial charge >= 0.3 is 0 Å². The lowest BCUT2D eigenvalue weighted by Gasteiger charge is -2.24. The van der Waals surface area contributed by atoms with Gasteiger partial charge in [0.05, 0.1) is 16.8 Å². The lowest BCUT2D eigenvalue weighted by atomic mass is 10.2. The van der Waals surface area contributed by atoms with Gasteiger partial charge in [-0.25, -0.2) is 13.8 Å². The van der Waals surface area contributed by atoms with Gasteiger partial charge in [-0.2, -0.15) is 5.10 Å². The number of amides is 1. The van der Waals surface area contributed by atoms with Crippen LogP contribution < -0.4 is 19.2 Å². The van der Waals surface area contributed by atoms with Crippen molar-refractivity contribution in [1.82, 2.24) is 5.43 Å². The Kier molecular flexibility index (Phi) is 6.09. The van der Waals surface area contributed by atoms with Crippen LogP contribution in [0, 0.1) is 6.92 Å². The number of ether oxygens (including phenoxy) is 2. The van der Waals surface area contributed by atoms with Crippen LogP contribution in [0.2, 0.25) is 0 Å². The summed E-state index contributed by atoms with van der Waals surface area (Å²) < 4.78 is 38.2. The second kappa shape index (κ2) is 9.11. The molecule has 0 saturated carbocycles. The molecule has 0 bridgehead atoms. The minimum Gasteiger partial charge on any atom is -0.454 e. The van der Waals surface area contributed by atoms with Crippen molar-refractivity contribution in [3.8, 4) is 11.5 Å². The van der Waals surface area contributed by atoms with Crippen molar-refractivity contribution in [1.29, 1.82) is 0 Å². The smallest absolute Gasteiger partial charge is 0.264 e. The molecule has 9 heteroatoms. The third-order valence-electron chi connectivity index (χ3n) is 4.71. The molecule has 1 N–H and O–H groups in total. The third kappa shape index (κ3) is 4.73. The zero-order chi connectivity index (χ0) is 22.6. The number of fused-ring (bicyclic) bond motifs is 1. The molecule has 0 fully saturated rings. The molecule has 1 amide bonds. The Morgan fingerprint density at radius 3 is 2.59 bits per heavy atom. The molecule has 8 nitrogen and oxygen atoms in total. The van der Waals surface area contributed by atoms with Crippen LogP contribution in [0.25, 0.3) is 0 Å². The molecule has 1 aliphatic rings. The predicted octanol–water partition coefficient (Wildman–Crippen LogP) is 3.07. The summed E-state index contributed by atoms with van der Waals surface area (Å²) >= 11 is 0. The van der Waals surface area contributed by atoms with Gasteiger partial charge in [-0.15, -0.1) is 0 Å². The van der Waals surface area contributed by atoms with Crippen molar-refractivity contribution in [2.75, 3.05) is 17.6 Å². The number of nitrogens with one attached hydrogen (secondary N) is 1. The van der Waals surface area contributed by atoms with Crippen LogP contribution in [0.5, 0.6) is 11.5 Å². The van der Waals surface area contributed by atoms with Gasteiger partial charge in [0.25, 0.3) is 15.9 Å². The first-order chi connectivity index (χ1) is 15.4. The molecule has 0 aromatic heterocycles. The molecule has 0 unspecified atom stereocenters. The Labute approximate surface area is 186 Å². The molecule has 0 radical (unpaired) electrons. The Hall–Kier alpha value is -3.85. The number of sulfonamides is 1. The number of hydrazone groups is 1. The Bertz CT molecular complexity index is 1260. The molecule has 4 rings (SSSR count). The fourth-order valence-electron chi connectivity index (χ4n) is 3.16. The number of aryl methyl sites for hydroxylation is 1. The van der Waals surface area contributed by atoms with Crippen LogP contribution in [0.15, 0.2) is 82.8 Å². The summed E-state index contributed by atoms with van der Waals surface area (Å²) in [4.78, 5) is 12.7. The summed E-state index contributed by atoms with van der Waals surface area (Å²) in [5, 5.41) is 3.94. The molecule has 0 atom stereocenters. The van der Waals surface area contributed by atoms with E-state index in [1.54, 1.807) is 54.6 Å². The zero-order valence-corrected chi connectivity index (χ0v) is 18.1. The molecule has 3 aromatic carbocycles. The number of carbonyl (C=O) groups is 1. The number of rotatable bonds is 7. The molecular weight excluding hydrogens is 430 g/mol. The SMILES string of the molecule is Cc1cccc(N(CC(=O)N/N=C\c2ccc3c(c2)OCO3)S(=O)(=O)c2ccccc2)c1. The normalized spacial score (nSPS) is 12.7. The predicted molar refractivity (Wildman–Crippen MR) is 120 cm³/mol.